The zero-order valence-corrected chi connectivity index (χ0v) is 9.59. The third-order valence-corrected chi connectivity index (χ3v) is 2.77. The molecule has 1 N–H and O–H groups in total. The highest BCUT2D eigenvalue weighted by Gasteiger charge is 2.04. The van der Waals surface area contributed by atoms with Crippen LogP contribution in [0.1, 0.15) is 5.69 Å². The van der Waals surface area contributed by atoms with Gasteiger partial charge in [0.05, 0.1) is 5.69 Å². The number of para-hydroxylation sites is 1. The number of imidazole rings is 1. The fraction of sp³-hybridized carbons (Fsp3) is 0.0714. The van der Waals surface area contributed by atoms with Gasteiger partial charge in [0.1, 0.15) is 0 Å². The first-order valence-electron chi connectivity index (χ1n) is 5.59. The van der Waals surface area contributed by atoms with E-state index in [0.29, 0.717) is 0 Å². The summed E-state index contributed by atoms with van der Waals surface area (Å²) in [5.41, 5.74) is 4.18. The highest BCUT2D eigenvalue weighted by atomic mass is 15.0. The van der Waals surface area contributed by atoms with Crippen LogP contribution in [0.25, 0.3) is 5.65 Å². The van der Waals surface area contributed by atoms with Gasteiger partial charge in [0.15, 0.2) is 5.65 Å². The lowest BCUT2D eigenvalue weighted by Gasteiger charge is -2.07. The van der Waals surface area contributed by atoms with Crippen molar-refractivity contribution in [3.63, 3.8) is 0 Å². The number of hydrogen-bond acceptors (Lipinski definition) is 2. The molecule has 17 heavy (non-hydrogen) atoms. The van der Waals surface area contributed by atoms with E-state index in [0.717, 1.165) is 22.7 Å². The number of rotatable bonds is 2. The number of pyridine rings is 1. The van der Waals surface area contributed by atoms with Crippen molar-refractivity contribution >= 4 is 17.0 Å². The second-order valence-electron chi connectivity index (χ2n) is 4.01. The van der Waals surface area contributed by atoms with E-state index >= 15 is 0 Å². The number of anilines is 2. The minimum absolute atomic E-state index is 0.953. The molecular formula is C14H13N3. The average Bonchev–Trinajstić information content (AvgIpc) is 2.74. The maximum Gasteiger partial charge on any atom is 0.160 e. The fourth-order valence-corrected chi connectivity index (χ4v) is 1.91. The SMILES string of the molecule is Cc1cnc2c(Nc3ccccc3)cccn12. The first-order valence-corrected chi connectivity index (χ1v) is 5.59. The molecule has 0 bridgehead atoms. The molecular weight excluding hydrogens is 210 g/mol. The number of aromatic nitrogens is 2. The summed E-state index contributed by atoms with van der Waals surface area (Å²) in [7, 11) is 0. The highest BCUT2D eigenvalue weighted by molar-refractivity contribution is 5.73. The largest absolute Gasteiger partial charge is 0.352 e. The van der Waals surface area contributed by atoms with Crippen molar-refractivity contribution in [2.45, 2.75) is 6.92 Å². The molecule has 0 saturated heterocycles. The van der Waals surface area contributed by atoms with E-state index in [4.69, 9.17) is 0 Å². The van der Waals surface area contributed by atoms with Crippen LogP contribution in [0.2, 0.25) is 0 Å². The van der Waals surface area contributed by atoms with Crippen LogP contribution >= 0.6 is 0 Å². The first-order chi connectivity index (χ1) is 8.34. The Labute approximate surface area is 99.7 Å². The van der Waals surface area contributed by atoms with E-state index < -0.39 is 0 Å². The zero-order chi connectivity index (χ0) is 11.7. The summed E-state index contributed by atoms with van der Waals surface area (Å²) < 4.78 is 2.07. The Morgan fingerprint density at radius 2 is 1.88 bits per heavy atom. The van der Waals surface area contributed by atoms with E-state index in [9.17, 15) is 0 Å². The lowest BCUT2D eigenvalue weighted by atomic mass is 10.3. The van der Waals surface area contributed by atoms with Crippen LogP contribution in [0.15, 0.2) is 54.9 Å². The molecule has 3 aromatic rings. The third kappa shape index (κ3) is 1.76. The van der Waals surface area contributed by atoms with E-state index in [1.54, 1.807) is 0 Å². The molecule has 0 spiro atoms. The second-order valence-corrected chi connectivity index (χ2v) is 4.01. The number of fused-ring (bicyclic) bond motifs is 1. The van der Waals surface area contributed by atoms with E-state index in [-0.39, 0.29) is 0 Å². The molecule has 0 unspecified atom stereocenters. The van der Waals surface area contributed by atoms with Gasteiger partial charge < -0.3 is 9.72 Å². The minimum atomic E-state index is 0.953. The summed E-state index contributed by atoms with van der Waals surface area (Å²) in [5, 5.41) is 3.38. The smallest absolute Gasteiger partial charge is 0.160 e. The predicted octanol–water partition coefficient (Wildman–Crippen LogP) is 3.39. The molecule has 2 aromatic heterocycles. The molecule has 0 aliphatic heterocycles. The average molecular weight is 223 g/mol. The van der Waals surface area contributed by atoms with Crippen molar-refractivity contribution in [3.05, 3.63) is 60.6 Å². The first kappa shape index (κ1) is 9.90. The zero-order valence-electron chi connectivity index (χ0n) is 9.59. The van der Waals surface area contributed by atoms with Gasteiger partial charge in [0.25, 0.3) is 0 Å². The summed E-state index contributed by atoms with van der Waals surface area (Å²) in [6.45, 7) is 2.05. The molecule has 84 valence electrons. The van der Waals surface area contributed by atoms with Crippen molar-refractivity contribution < 1.29 is 0 Å². The van der Waals surface area contributed by atoms with Gasteiger partial charge in [-0.25, -0.2) is 4.98 Å². The number of aryl methyl sites for hydroxylation is 1. The maximum absolute atomic E-state index is 4.41. The number of nitrogens with zero attached hydrogens (tertiary/aromatic N) is 2. The lowest BCUT2D eigenvalue weighted by Crippen LogP contribution is -1.95. The van der Waals surface area contributed by atoms with Gasteiger partial charge in [-0.3, -0.25) is 0 Å². The number of nitrogens with one attached hydrogen (secondary N) is 1. The Kier molecular flexibility index (Phi) is 2.29. The molecule has 3 nitrogen and oxygen atoms in total. The fourth-order valence-electron chi connectivity index (χ4n) is 1.91. The molecule has 0 atom stereocenters. The van der Waals surface area contributed by atoms with Gasteiger partial charge in [-0.05, 0) is 31.2 Å². The molecule has 3 heteroatoms. The predicted molar refractivity (Wildman–Crippen MR) is 69.7 cm³/mol. The van der Waals surface area contributed by atoms with Gasteiger partial charge in [0, 0.05) is 23.8 Å². The summed E-state index contributed by atoms with van der Waals surface area (Å²) in [6.07, 6.45) is 3.90. The molecule has 0 saturated carbocycles. The molecule has 0 fully saturated rings. The molecule has 0 amide bonds. The third-order valence-electron chi connectivity index (χ3n) is 2.77. The Balaban J connectivity index is 2.06. The standard InChI is InChI=1S/C14H13N3/c1-11-10-15-14-13(8-5-9-17(11)14)16-12-6-3-2-4-7-12/h2-10,16H,1H3. The van der Waals surface area contributed by atoms with Gasteiger partial charge in [-0.15, -0.1) is 0 Å². The van der Waals surface area contributed by atoms with Crippen LogP contribution in [-0.2, 0) is 0 Å². The van der Waals surface area contributed by atoms with Gasteiger partial charge in [0.2, 0.25) is 0 Å². The maximum atomic E-state index is 4.41. The summed E-state index contributed by atoms with van der Waals surface area (Å²) in [6, 6.07) is 14.2. The number of benzene rings is 1. The topological polar surface area (TPSA) is 29.3 Å². The highest BCUT2D eigenvalue weighted by Crippen LogP contribution is 2.21. The van der Waals surface area contributed by atoms with Crippen LogP contribution in [0.5, 0.6) is 0 Å². The van der Waals surface area contributed by atoms with E-state index in [1.165, 1.54) is 0 Å². The summed E-state index contributed by atoms with van der Waals surface area (Å²) >= 11 is 0. The Morgan fingerprint density at radius 1 is 1.06 bits per heavy atom. The second kappa shape index (κ2) is 3.94. The van der Waals surface area contributed by atoms with Crippen molar-refractivity contribution in [2.24, 2.45) is 0 Å². The molecule has 0 aliphatic rings. The molecule has 3 rings (SSSR count). The molecule has 0 aliphatic carbocycles. The number of hydrogen-bond donors (Lipinski definition) is 1. The van der Waals surface area contributed by atoms with Crippen molar-refractivity contribution in [1.29, 1.82) is 0 Å². The van der Waals surface area contributed by atoms with Crippen molar-refractivity contribution in [2.75, 3.05) is 5.32 Å². The van der Waals surface area contributed by atoms with Crippen molar-refractivity contribution in [1.82, 2.24) is 9.38 Å². The lowest BCUT2D eigenvalue weighted by molar-refractivity contribution is 1.11. The minimum Gasteiger partial charge on any atom is -0.352 e. The van der Waals surface area contributed by atoms with Gasteiger partial charge >= 0.3 is 0 Å². The van der Waals surface area contributed by atoms with E-state index in [1.807, 2.05) is 61.8 Å². The van der Waals surface area contributed by atoms with Crippen LogP contribution in [0.3, 0.4) is 0 Å². The monoisotopic (exact) mass is 223 g/mol. The van der Waals surface area contributed by atoms with Crippen LogP contribution < -0.4 is 5.32 Å². The van der Waals surface area contributed by atoms with Gasteiger partial charge in [-0.2, -0.15) is 0 Å². The Morgan fingerprint density at radius 3 is 2.71 bits per heavy atom. The van der Waals surface area contributed by atoms with Crippen LogP contribution in [0, 0.1) is 6.92 Å². The van der Waals surface area contributed by atoms with Crippen LogP contribution in [0.4, 0.5) is 11.4 Å². The van der Waals surface area contributed by atoms with Crippen molar-refractivity contribution in [3.8, 4) is 0 Å². The quantitative estimate of drug-likeness (QED) is 0.721. The summed E-state index contributed by atoms with van der Waals surface area (Å²) in [4.78, 5) is 4.41. The molecule has 2 heterocycles. The van der Waals surface area contributed by atoms with Gasteiger partial charge in [-0.1, -0.05) is 18.2 Å². The Bertz CT molecular complexity index is 641. The van der Waals surface area contributed by atoms with Crippen LogP contribution in [-0.4, -0.2) is 9.38 Å². The normalized spacial score (nSPS) is 10.6. The summed E-state index contributed by atoms with van der Waals surface area (Å²) in [5.74, 6) is 0. The molecule has 1 aromatic carbocycles. The molecule has 0 radical (unpaired) electrons. The van der Waals surface area contributed by atoms with E-state index in [2.05, 4.69) is 14.7 Å². The Hall–Kier alpha value is -2.29.